The lowest BCUT2D eigenvalue weighted by molar-refractivity contribution is 0.281. The summed E-state index contributed by atoms with van der Waals surface area (Å²) in [6.07, 6.45) is 0. The summed E-state index contributed by atoms with van der Waals surface area (Å²) in [6, 6.07) is 11.0. The van der Waals surface area contributed by atoms with Crippen LogP contribution in [0.25, 0.3) is 0 Å². The molecule has 3 nitrogen and oxygen atoms in total. The second-order valence-corrected chi connectivity index (χ2v) is 3.83. The molecule has 0 radical (unpaired) electrons. The summed E-state index contributed by atoms with van der Waals surface area (Å²) < 4.78 is 19.0. The zero-order valence-electron chi connectivity index (χ0n) is 9.64. The second kappa shape index (κ2) is 5.62. The van der Waals surface area contributed by atoms with Crippen LogP contribution in [0.5, 0.6) is 11.5 Å². The third kappa shape index (κ3) is 2.85. The highest BCUT2D eigenvalue weighted by atomic mass is 19.1. The summed E-state index contributed by atoms with van der Waals surface area (Å²) in [5.41, 5.74) is 1.26. The van der Waals surface area contributed by atoms with E-state index >= 15 is 0 Å². The van der Waals surface area contributed by atoms with Gasteiger partial charge in [-0.05, 0) is 35.4 Å². The molecule has 0 unspecified atom stereocenters. The van der Waals surface area contributed by atoms with Crippen LogP contribution in [0, 0.1) is 5.82 Å². The summed E-state index contributed by atoms with van der Waals surface area (Å²) in [4.78, 5) is 0. The van der Waals surface area contributed by atoms with E-state index < -0.39 is 5.82 Å². The molecule has 0 saturated carbocycles. The molecule has 0 aromatic heterocycles. The number of ether oxygens (including phenoxy) is 1. The first-order chi connectivity index (χ1) is 8.72. The average molecular weight is 248 g/mol. The number of halogens is 1. The molecule has 0 aliphatic heterocycles. The summed E-state index contributed by atoms with van der Waals surface area (Å²) in [6.45, 7) is -0.248. The maximum absolute atomic E-state index is 13.6. The highest BCUT2D eigenvalue weighted by Gasteiger charge is 2.05. The summed E-state index contributed by atoms with van der Waals surface area (Å²) in [7, 11) is 0. The van der Waals surface area contributed by atoms with E-state index in [4.69, 9.17) is 14.9 Å². The first-order valence-corrected chi connectivity index (χ1v) is 5.50. The highest BCUT2D eigenvalue weighted by molar-refractivity contribution is 5.35. The van der Waals surface area contributed by atoms with E-state index in [0.717, 1.165) is 5.56 Å². The number of rotatable bonds is 4. The van der Waals surface area contributed by atoms with Gasteiger partial charge in [-0.25, -0.2) is 4.39 Å². The van der Waals surface area contributed by atoms with Crippen molar-refractivity contribution in [3.05, 3.63) is 59.4 Å². The third-order valence-electron chi connectivity index (χ3n) is 2.51. The molecule has 94 valence electrons. The van der Waals surface area contributed by atoms with Gasteiger partial charge in [-0.3, -0.25) is 0 Å². The third-order valence-corrected chi connectivity index (χ3v) is 2.51. The molecule has 2 aromatic carbocycles. The smallest absolute Gasteiger partial charge is 0.166 e. The Balaban J connectivity index is 2.17. The Bertz CT molecular complexity index is 523. The number of aliphatic hydroxyl groups is 2. The summed E-state index contributed by atoms with van der Waals surface area (Å²) in [5.74, 6) is 0.0691. The Morgan fingerprint density at radius 3 is 2.06 bits per heavy atom. The van der Waals surface area contributed by atoms with Crippen molar-refractivity contribution in [1.29, 1.82) is 0 Å². The molecule has 0 aliphatic rings. The summed E-state index contributed by atoms with van der Waals surface area (Å²) in [5, 5.41) is 17.8. The van der Waals surface area contributed by atoms with Gasteiger partial charge in [0.25, 0.3) is 0 Å². The lowest BCUT2D eigenvalue weighted by atomic mass is 10.2. The molecule has 18 heavy (non-hydrogen) atoms. The van der Waals surface area contributed by atoms with E-state index in [1.54, 1.807) is 30.3 Å². The quantitative estimate of drug-likeness (QED) is 0.874. The Hall–Kier alpha value is -1.91. The van der Waals surface area contributed by atoms with Crippen molar-refractivity contribution in [2.24, 2.45) is 0 Å². The standard InChI is InChI=1S/C14H13FO3/c15-13-7-11(9-17)3-6-14(13)18-12-4-1-10(8-16)2-5-12/h1-7,16-17H,8-9H2. The molecule has 0 saturated heterocycles. The fourth-order valence-corrected chi connectivity index (χ4v) is 1.52. The molecular formula is C14H13FO3. The lowest BCUT2D eigenvalue weighted by Crippen LogP contribution is -1.91. The predicted octanol–water partition coefficient (Wildman–Crippen LogP) is 2.60. The van der Waals surface area contributed by atoms with Crippen LogP contribution < -0.4 is 4.74 Å². The summed E-state index contributed by atoms with van der Waals surface area (Å²) >= 11 is 0. The second-order valence-electron chi connectivity index (χ2n) is 3.83. The van der Waals surface area contributed by atoms with Crippen molar-refractivity contribution in [2.45, 2.75) is 13.2 Å². The van der Waals surface area contributed by atoms with Crippen LogP contribution in [-0.4, -0.2) is 10.2 Å². The molecule has 0 fully saturated rings. The Labute approximate surface area is 104 Å². The Morgan fingerprint density at radius 1 is 0.889 bits per heavy atom. The minimum Gasteiger partial charge on any atom is -0.454 e. The molecule has 2 aromatic rings. The average Bonchev–Trinajstić information content (AvgIpc) is 2.42. The Kier molecular flexibility index (Phi) is 3.92. The lowest BCUT2D eigenvalue weighted by Gasteiger charge is -2.08. The number of aliphatic hydroxyl groups excluding tert-OH is 2. The van der Waals surface area contributed by atoms with Gasteiger partial charge in [-0.1, -0.05) is 18.2 Å². The van der Waals surface area contributed by atoms with Crippen LogP contribution in [0.2, 0.25) is 0 Å². The molecule has 4 heteroatoms. The van der Waals surface area contributed by atoms with Gasteiger partial charge in [0.05, 0.1) is 13.2 Å². The van der Waals surface area contributed by atoms with Crippen molar-refractivity contribution in [1.82, 2.24) is 0 Å². The number of hydrogen-bond acceptors (Lipinski definition) is 3. The molecular weight excluding hydrogens is 235 g/mol. The SMILES string of the molecule is OCc1ccc(Oc2ccc(CO)cc2F)cc1. The van der Waals surface area contributed by atoms with E-state index in [2.05, 4.69) is 0 Å². The fourth-order valence-electron chi connectivity index (χ4n) is 1.52. The van der Waals surface area contributed by atoms with E-state index in [1.165, 1.54) is 12.1 Å². The monoisotopic (exact) mass is 248 g/mol. The van der Waals surface area contributed by atoms with Gasteiger partial charge in [-0.2, -0.15) is 0 Å². The minimum atomic E-state index is -0.521. The van der Waals surface area contributed by atoms with Crippen molar-refractivity contribution in [3.8, 4) is 11.5 Å². The van der Waals surface area contributed by atoms with Gasteiger partial charge < -0.3 is 14.9 Å². The molecule has 0 atom stereocenters. The van der Waals surface area contributed by atoms with Gasteiger partial charge in [0.15, 0.2) is 11.6 Å². The normalized spacial score (nSPS) is 10.4. The number of hydrogen-bond donors (Lipinski definition) is 2. The van der Waals surface area contributed by atoms with Crippen molar-refractivity contribution >= 4 is 0 Å². The molecule has 0 heterocycles. The first-order valence-electron chi connectivity index (χ1n) is 5.50. The van der Waals surface area contributed by atoms with Gasteiger partial charge in [0, 0.05) is 0 Å². The van der Waals surface area contributed by atoms with Gasteiger partial charge >= 0.3 is 0 Å². The van der Waals surface area contributed by atoms with Gasteiger partial charge in [0.1, 0.15) is 5.75 Å². The molecule has 0 bridgehead atoms. The number of benzene rings is 2. The van der Waals surface area contributed by atoms with Gasteiger partial charge in [0.2, 0.25) is 0 Å². The van der Waals surface area contributed by atoms with Crippen LogP contribution in [0.4, 0.5) is 4.39 Å². The Morgan fingerprint density at radius 2 is 1.50 bits per heavy atom. The minimum absolute atomic E-state index is 0.0418. The van der Waals surface area contributed by atoms with E-state index in [-0.39, 0.29) is 19.0 Å². The fraction of sp³-hybridized carbons (Fsp3) is 0.143. The maximum Gasteiger partial charge on any atom is 0.166 e. The zero-order valence-corrected chi connectivity index (χ0v) is 9.64. The molecule has 2 N–H and O–H groups in total. The predicted molar refractivity (Wildman–Crippen MR) is 64.8 cm³/mol. The zero-order chi connectivity index (χ0) is 13.0. The topological polar surface area (TPSA) is 49.7 Å². The van der Waals surface area contributed by atoms with Crippen molar-refractivity contribution < 1.29 is 19.3 Å². The van der Waals surface area contributed by atoms with E-state index in [1.807, 2.05) is 0 Å². The maximum atomic E-state index is 13.6. The first kappa shape index (κ1) is 12.5. The molecule has 0 aliphatic carbocycles. The van der Waals surface area contributed by atoms with E-state index in [0.29, 0.717) is 11.3 Å². The van der Waals surface area contributed by atoms with Crippen molar-refractivity contribution in [3.63, 3.8) is 0 Å². The van der Waals surface area contributed by atoms with Crippen LogP contribution >= 0.6 is 0 Å². The molecule has 2 rings (SSSR count). The molecule has 0 spiro atoms. The van der Waals surface area contributed by atoms with E-state index in [9.17, 15) is 4.39 Å². The van der Waals surface area contributed by atoms with Crippen molar-refractivity contribution in [2.75, 3.05) is 0 Å². The van der Waals surface area contributed by atoms with Crippen LogP contribution in [0.3, 0.4) is 0 Å². The van der Waals surface area contributed by atoms with Gasteiger partial charge in [-0.15, -0.1) is 0 Å². The van der Waals surface area contributed by atoms with Crippen LogP contribution in [0.1, 0.15) is 11.1 Å². The van der Waals surface area contributed by atoms with Crippen LogP contribution in [0.15, 0.2) is 42.5 Å². The molecule has 0 amide bonds. The van der Waals surface area contributed by atoms with Crippen LogP contribution in [-0.2, 0) is 13.2 Å². The largest absolute Gasteiger partial charge is 0.454 e. The highest BCUT2D eigenvalue weighted by Crippen LogP contribution is 2.25.